The second-order valence-electron chi connectivity index (χ2n) is 5.69. The number of amides is 1. The van der Waals surface area contributed by atoms with Crippen molar-refractivity contribution in [2.45, 2.75) is 19.9 Å². The number of nitrogens with one attached hydrogen (secondary N) is 1. The molecule has 3 heterocycles. The Kier molecular flexibility index (Phi) is 3.66. The van der Waals surface area contributed by atoms with Gasteiger partial charge in [-0.2, -0.15) is 5.10 Å². The molecular formula is C16H19N5O. The lowest BCUT2D eigenvalue weighted by molar-refractivity contribution is 0.0925. The molecule has 1 atom stereocenters. The Morgan fingerprint density at radius 2 is 2.09 bits per heavy atom. The predicted octanol–water partition coefficient (Wildman–Crippen LogP) is 2.19. The smallest absolute Gasteiger partial charge is 0.257 e. The van der Waals surface area contributed by atoms with Gasteiger partial charge in [0.1, 0.15) is 11.2 Å². The van der Waals surface area contributed by atoms with E-state index in [9.17, 15) is 4.79 Å². The zero-order valence-corrected chi connectivity index (χ0v) is 12.9. The number of aromatic nitrogens is 4. The Labute approximate surface area is 128 Å². The number of aryl methyl sites for hydroxylation is 1. The number of hydrogen-bond acceptors (Lipinski definition) is 3. The second kappa shape index (κ2) is 5.63. The maximum Gasteiger partial charge on any atom is 0.257 e. The molecule has 0 bridgehead atoms. The summed E-state index contributed by atoms with van der Waals surface area (Å²) in [6.07, 6.45) is 7.04. The molecule has 1 unspecified atom stereocenters. The van der Waals surface area contributed by atoms with Crippen LogP contribution in [0, 0.1) is 5.92 Å². The van der Waals surface area contributed by atoms with Crippen molar-refractivity contribution in [1.82, 2.24) is 24.5 Å². The summed E-state index contributed by atoms with van der Waals surface area (Å²) in [5.41, 5.74) is 2.20. The van der Waals surface area contributed by atoms with Crippen molar-refractivity contribution in [3.8, 4) is 0 Å². The molecule has 22 heavy (non-hydrogen) atoms. The van der Waals surface area contributed by atoms with Crippen molar-refractivity contribution < 1.29 is 4.79 Å². The van der Waals surface area contributed by atoms with Crippen molar-refractivity contribution in [2.24, 2.45) is 13.0 Å². The van der Waals surface area contributed by atoms with Crippen molar-refractivity contribution in [3.63, 3.8) is 0 Å². The minimum absolute atomic E-state index is 0.135. The highest BCUT2D eigenvalue weighted by Gasteiger charge is 2.22. The quantitative estimate of drug-likeness (QED) is 0.803. The summed E-state index contributed by atoms with van der Waals surface area (Å²) >= 11 is 0. The van der Waals surface area contributed by atoms with Crippen LogP contribution in [0.3, 0.4) is 0 Å². The molecule has 6 nitrogen and oxygen atoms in total. The fraction of sp³-hybridized carbons (Fsp3) is 0.312. The van der Waals surface area contributed by atoms with Gasteiger partial charge in [0.25, 0.3) is 5.91 Å². The minimum Gasteiger partial charge on any atom is -0.343 e. The Bertz CT molecular complexity index is 787. The fourth-order valence-corrected chi connectivity index (χ4v) is 2.57. The van der Waals surface area contributed by atoms with Crippen LogP contribution in [0.2, 0.25) is 0 Å². The molecule has 0 aliphatic carbocycles. The van der Waals surface area contributed by atoms with Gasteiger partial charge in [-0.25, -0.2) is 4.52 Å². The fourth-order valence-electron chi connectivity index (χ4n) is 2.57. The minimum atomic E-state index is -0.138. The first-order valence-corrected chi connectivity index (χ1v) is 7.28. The highest BCUT2D eigenvalue weighted by molar-refractivity contribution is 6.00. The normalized spacial score (nSPS) is 12.7. The van der Waals surface area contributed by atoms with E-state index in [2.05, 4.69) is 29.2 Å². The van der Waals surface area contributed by atoms with Crippen LogP contribution < -0.4 is 5.32 Å². The van der Waals surface area contributed by atoms with Gasteiger partial charge in [0.05, 0.1) is 17.9 Å². The van der Waals surface area contributed by atoms with E-state index in [4.69, 9.17) is 0 Å². The number of rotatable bonds is 4. The summed E-state index contributed by atoms with van der Waals surface area (Å²) in [6.45, 7) is 4.13. The highest BCUT2D eigenvalue weighted by Crippen LogP contribution is 2.21. The Morgan fingerprint density at radius 3 is 2.77 bits per heavy atom. The van der Waals surface area contributed by atoms with Crippen LogP contribution in [0.25, 0.3) is 5.65 Å². The summed E-state index contributed by atoms with van der Waals surface area (Å²) in [7, 11) is 1.90. The largest absolute Gasteiger partial charge is 0.343 e. The van der Waals surface area contributed by atoms with E-state index in [1.165, 1.54) is 0 Å². The van der Waals surface area contributed by atoms with E-state index in [0.29, 0.717) is 5.56 Å². The van der Waals surface area contributed by atoms with Crippen LogP contribution in [0.15, 0.2) is 43.0 Å². The summed E-state index contributed by atoms with van der Waals surface area (Å²) in [4.78, 5) is 17.0. The van der Waals surface area contributed by atoms with Crippen molar-refractivity contribution >= 4 is 11.6 Å². The molecule has 0 fully saturated rings. The average Bonchev–Trinajstić information content (AvgIpc) is 3.08. The topological polar surface area (TPSA) is 64.2 Å². The first-order valence-electron chi connectivity index (χ1n) is 7.28. The monoisotopic (exact) mass is 297 g/mol. The van der Waals surface area contributed by atoms with Gasteiger partial charge >= 0.3 is 0 Å². The van der Waals surface area contributed by atoms with Crippen LogP contribution in [-0.2, 0) is 7.05 Å². The molecule has 0 saturated carbocycles. The molecule has 0 saturated heterocycles. The summed E-state index contributed by atoms with van der Waals surface area (Å²) in [5, 5.41) is 7.28. The highest BCUT2D eigenvalue weighted by atomic mass is 16.1. The Balaban J connectivity index is 1.90. The van der Waals surface area contributed by atoms with Crippen LogP contribution in [0.5, 0.6) is 0 Å². The number of carbonyl (C=O) groups is 1. The number of nitrogens with zero attached hydrogens (tertiary/aromatic N) is 4. The summed E-state index contributed by atoms with van der Waals surface area (Å²) in [5.74, 6) is 0.0967. The molecule has 0 radical (unpaired) electrons. The maximum absolute atomic E-state index is 12.7. The van der Waals surface area contributed by atoms with E-state index >= 15 is 0 Å². The van der Waals surface area contributed by atoms with Crippen LogP contribution >= 0.6 is 0 Å². The third kappa shape index (κ3) is 2.47. The predicted molar refractivity (Wildman–Crippen MR) is 83.4 cm³/mol. The Hall–Kier alpha value is -2.63. The molecule has 3 aromatic heterocycles. The number of imidazole rings is 1. The van der Waals surface area contributed by atoms with Gasteiger partial charge in [0.15, 0.2) is 0 Å². The lowest BCUT2D eigenvalue weighted by Crippen LogP contribution is -2.32. The zero-order valence-electron chi connectivity index (χ0n) is 12.9. The van der Waals surface area contributed by atoms with Crippen LogP contribution in [0.1, 0.15) is 35.9 Å². The van der Waals surface area contributed by atoms with Crippen LogP contribution in [0.4, 0.5) is 0 Å². The SMILES string of the molecule is CC(C)C(NC(=O)c1cnn2ccn(C)c12)c1ccccn1. The van der Waals surface area contributed by atoms with E-state index in [-0.39, 0.29) is 17.9 Å². The zero-order chi connectivity index (χ0) is 15.7. The lowest BCUT2D eigenvalue weighted by Gasteiger charge is -2.21. The molecule has 1 N–H and O–H groups in total. The third-order valence-electron chi connectivity index (χ3n) is 3.74. The number of pyridine rings is 1. The molecule has 3 aromatic rings. The molecule has 0 aliphatic heterocycles. The van der Waals surface area contributed by atoms with Gasteiger partial charge in [-0.1, -0.05) is 19.9 Å². The van der Waals surface area contributed by atoms with Gasteiger partial charge < -0.3 is 9.88 Å². The molecule has 1 amide bonds. The van der Waals surface area contributed by atoms with Crippen molar-refractivity contribution in [1.29, 1.82) is 0 Å². The van der Waals surface area contributed by atoms with Gasteiger partial charge in [0.2, 0.25) is 0 Å². The summed E-state index contributed by atoms with van der Waals surface area (Å²) in [6, 6.07) is 5.60. The maximum atomic E-state index is 12.7. The molecule has 3 rings (SSSR count). The van der Waals surface area contributed by atoms with E-state index < -0.39 is 0 Å². The van der Waals surface area contributed by atoms with Gasteiger partial charge in [-0.15, -0.1) is 0 Å². The second-order valence-corrected chi connectivity index (χ2v) is 5.69. The first kappa shape index (κ1) is 14.3. The van der Waals surface area contributed by atoms with E-state index in [0.717, 1.165) is 11.3 Å². The molecule has 0 aliphatic rings. The summed E-state index contributed by atoms with van der Waals surface area (Å²) < 4.78 is 3.58. The van der Waals surface area contributed by atoms with E-state index in [1.807, 2.05) is 42.2 Å². The van der Waals surface area contributed by atoms with E-state index in [1.54, 1.807) is 16.9 Å². The molecule has 6 heteroatoms. The number of hydrogen-bond donors (Lipinski definition) is 1. The molecule has 0 aromatic carbocycles. The number of fused-ring (bicyclic) bond motifs is 1. The molecule has 0 spiro atoms. The van der Waals surface area contributed by atoms with Crippen LogP contribution in [-0.4, -0.2) is 25.1 Å². The Morgan fingerprint density at radius 1 is 1.27 bits per heavy atom. The third-order valence-corrected chi connectivity index (χ3v) is 3.74. The van der Waals surface area contributed by atoms with Gasteiger partial charge in [-0.05, 0) is 18.1 Å². The first-order chi connectivity index (χ1) is 10.6. The van der Waals surface area contributed by atoms with Gasteiger partial charge in [0, 0.05) is 25.6 Å². The van der Waals surface area contributed by atoms with Gasteiger partial charge in [-0.3, -0.25) is 9.78 Å². The molecular weight excluding hydrogens is 278 g/mol. The number of carbonyl (C=O) groups excluding carboxylic acids is 1. The van der Waals surface area contributed by atoms with Crippen molar-refractivity contribution in [2.75, 3.05) is 0 Å². The lowest BCUT2D eigenvalue weighted by atomic mass is 10.00. The average molecular weight is 297 g/mol. The van der Waals surface area contributed by atoms with Crippen molar-refractivity contribution in [3.05, 3.63) is 54.2 Å². The molecule has 114 valence electrons. The standard InChI is InChI=1S/C16H19N5O/c1-11(2)14(13-6-4-5-7-17-13)19-15(22)12-10-18-21-9-8-20(3)16(12)21/h4-11,14H,1-3H3,(H,19,22).